The number of Topliss-reactive ketones (excluding diaryl/α,β-unsaturated/α-hetero) is 1. The van der Waals surface area contributed by atoms with Crippen LogP contribution in [0.3, 0.4) is 0 Å². The topological polar surface area (TPSA) is 112 Å². The van der Waals surface area contributed by atoms with Crippen LogP contribution < -0.4 is 0 Å². The van der Waals surface area contributed by atoms with Crippen molar-refractivity contribution < 1.29 is 29.7 Å². The van der Waals surface area contributed by atoms with Gasteiger partial charge < -0.3 is 15.3 Å². The number of hydrogen-bond donors (Lipinski definition) is 3. The van der Waals surface area contributed by atoms with Crippen molar-refractivity contribution in [3.05, 3.63) is 23.8 Å². The molecule has 0 saturated heterocycles. The molecule has 0 unspecified atom stereocenters. The first-order chi connectivity index (χ1) is 14.5. The number of carboxylic acids is 2. The number of ketones is 1. The summed E-state index contributed by atoms with van der Waals surface area (Å²) >= 11 is 0. The Morgan fingerprint density at radius 1 is 1.00 bits per heavy atom. The number of allylic oxidation sites excluding steroid dienone is 4. The third-order valence-electron chi connectivity index (χ3n) is 10.4. The number of hydrogen-bond acceptors (Lipinski definition) is 4. The molecule has 0 radical (unpaired) electrons. The Labute approximate surface area is 182 Å². The second kappa shape index (κ2) is 6.09. The van der Waals surface area contributed by atoms with Crippen molar-refractivity contribution in [2.45, 2.75) is 65.4 Å². The van der Waals surface area contributed by atoms with Gasteiger partial charge in [0.2, 0.25) is 0 Å². The Bertz CT molecular complexity index is 950. The van der Waals surface area contributed by atoms with Crippen LogP contribution in [0.1, 0.15) is 59.3 Å². The van der Waals surface area contributed by atoms with Crippen molar-refractivity contribution in [2.75, 3.05) is 0 Å². The lowest BCUT2D eigenvalue weighted by Gasteiger charge is -2.72. The standard InChI is InChI=1S/C25H32O6/c1-13(26)15-4-5-16-22(15,2)8-7-17-23(3)9-6-14(27)12-24(23)10-11-25(16,17)19(21(30)31)18(24)20(28)29/h7,10-11,14-16,18-19,27H,4-6,8-9,12H2,1-3H3,(H,28,29)(H,30,31)/t14-,15+,16-,18+,19+,22-,23-,24-,25-/m1/s1. The van der Waals surface area contributed by atoms with E-state index in [0.717, 1.165) is 18.4 Å². The average Bonchev–Trinajstić information content (AvgIpc) is 3.04. The molecular weight excluding hydrogens is 396 g/mol. The fraction of sp³-hybridized carbons (Fsp3) is 0.720. The van der Waals surface area contributed by atoms with E-state index in [1.165, 1.54) is 0 Å². The number of aliphatic hydroxyl groups excluding tert-OH is 1. The summed E-state index contributed by atoms with van der Waals surface area (Å²) < 4.78 is 0. The van der Waals surface area contributed by atoms with Gasteiger partial charge in [0, 0.05) is 16.7 Å². The summed E-state index contributed by atoms with van der Waals surface area (Å²) in [7, 11) is 0. The molecule has 6 aliphatic carbocycles. The van der Waals surface area contributed by atoms with Crippen molar-refractivity contribution in [2.24, 2.45) is 45.3 Å². The zero-order chi connectivity index (χ0) is 22.6. The maximum Gasteiger partial charge on any atom is 0.308 e. The number of aliphatic carboxylic acids is 2. The van der Waals surface area contributed by atoms with Crippen molar-refractivity contribution in [3.63, 3.8) is 0 Å². The quantitative estimate of drug-likeness (QED) is 0.594. The van der Waals surface area contributed by atoms with E-state index in [1.54, 1.807) is 6.92 Å². The lowest BCUT2D eigenvalue weighted by molar-refractivity contribution is -0.195. The fourth-order valence-corrected chi connectivity index (χ4v) is 9.24. The Morgan fingerprint density at radius 2 is 1.68 bits per heavy atom. The minimum atomic E-state index is -1.11. The van der Waals surface area contributed by atoms with E-state index >= 15 is 0 Å². The van der Waals surface area contributed by atoms with Gasteiger partial charge in [-0.1, -0.05) is 37.6 Å². The van der Waals surface area contributed by atoms with Gasteiger partial charge in [-0.15, -0.1) is 0 Å². The predicted octanol–water partition coefficient (Wildman–Crippen LogP) is 3.45. The first-order valence-electron chi connectivity index (χ1n) is 11.5. The molecule has 6 aliphatic rings. The third-order valence-corrected chi connectivity index (χ3v) is 10.4. The van der Waals surface area contributed by atoms with Crippen molar-refractivity contribution >= 4 is 17.7 Å². The van der Waals surface area contributed by atoms with E-state index in [-0.39, 0.29) is 29.5 Å². The summed E-state index contributed by atoms with van der Waals surface area (Å²) in [5.74, 6) is -4.47. The number of carboxylic acid groups (broad SMARTS) is 2. The van der Waals surface area contributed by atoms with Crippen LogP contribution in [-0.2, 0) is 14.4 Å². The summed E-state index contributed by atoms with van der Waals surface area (Å²) in [6.45, 7) is 5.82. The molecule has 31 heavy (non-hydrogen) atoms. The van der Waals surface area contributed by atoms with Gasteiger partial charge in [-0.3, -0.25) is 14.4 Å². The van der Waals surface area contributed by atoms with Crippen LogP contribution in [0.25, 0.3) is 0 Å². The second-order valence-corrected chi connectivity index (χ2v) is 11.3. The van der Waals surface area contributed by atoms with E-state index < -0.39 is 46.1 Å². The fourth-order valence-electron chi connectivity index (χ4n) is 9.24. The Morgan fingerprint density at radius 3 is 2.29 bits per heavy atom. The number of carbonyl (C=O) groups is 3. The van der Waals surface area contributed by atoms with Crippen LogP contribution in [-0.4, -0.2) is 39.1 Å². The Hall–Kier alpha value is -1.95. The molecule has 3 saturated carbocycles. The normalized spacial score (nSPS) is 52.0. The molecule has 0 heterocycles. The summed E-state index contributed by atoms with van der Waals surface area (Å²) in [5.41, 5.74) is -1.64. The van der Waals surface area contributed by atoms with Gasteiger partial charge in [0.1, 0.15) is 5.78 Å². The van der Waals surface area contributed by atoms with Gasteiger partial charge in [-0.05, 0) is 62.2 Å². The van der Waals surface area contributed by atoms with E-state index in [9.17, 15) is 29.7 Å². The number of rotatable bonds is 3. The van der Waals surface area contributed by atoms with E-state index in [0.29, 0.717) is 19.3 Å². The zero-order valence-electron chi connectivity index (χ0n) is 18.4. The first-order valence-corrected chi connectivity index (χ1v) is 11.5. The van der Waals surface area contributed by atoms with Crippen LogP contribution >= 0.6 is 0 Å². The smallest absolute Gasteiger partial charge is 0.308 e. The zero-order valence-corrected chi connectivity index (χ0v) is 18.4. The molecular formula is C25H32O6. The highest BCUT2D eigenvalue weighted by atomic mass is 16.4. The number of carbonyl (C=O) groups excluding carboxylic acids is 1. The Balaban J connectivity index is 1.82. The maximum atomic E-state index is 12.8. The largest absolute Gasteiger partial charge is 0.481 e. The van der Waals surface area contributed by atoms with E-state index in [4.69, 9.17) is 0 Å². The minimum absolute atomic E-state index is 0.0879. The molecule has 2 bridgehead atoms. The molecule has 6 rings (SSSR count). The number of aliphatic hydroxyl groups is 1. The van der Waals surface area contributed by atoms with Crippen molar-refractivity contribution in [1.29, 1.82) is 0 Å². The molecule has 0 aromatic carbocycles. The molecule has 0 aliphatic heterocycles. The van der Waals surface area contributed by atoms with Crippen LogP contribution in [0.5, 0.6) is 0 Å². The molecule has 6 nitrogen and oxygen atoms in total. The van der Waals surface area contributed by atoms with Gasteiger partial charge in [-0.25, -0.2) is 0 Å². The monoisotopic (exact) mass is 428 g/mol. The minimum Gasteiger partial charge on any atom is -0.481 e. The van der Waals surface area contributed by atoms with Crippen LogP contribution in [0.15, 0.2) is 23.8 Å². The molecule has 0 amide bonds. The first kappa shape index (κ1) is 20.9. The SMILES string of the molecule is CC(=O)[C@@H]1CC[C@@H]2[C@]1(C)CC=C1[C@@]23C=C[C@@]2(C[C@H](O)CC[C@]12C)[C@H](C(=O)O)[C@H]3C(=O)O. The average molecular weight is 429 g/mol. The lowest BCUT2D eigenvalue weighted by atomic mass is 9.30. The van der Waals surface area contributed by atoms with E-state index in [2.05, 4.69) is 19.9 Å². The van der Waals surface area contributed by atoms with Crippen LogP contribution in [0.2, 0.25) is 0 Å². The molecule has 168 valence electrons. The maximum absolute atomic E-state index is 12.8. The van der Waals surface area contributed by atoms with Gasteiger partial charge in [0.15, 0.2) is 0 Å². The van der Waals surface area contributed by atoms with E-state index in [1.807, 2.05) is 12.2 Å². The highest BCUT2D eigenvalue weighted by Gasteiger charge is 2.77. The molecule has 0 aromatic heterocycles. The second-order valence-electron chi connectivity index (χ2n) is 11.3. The molecule has 9 atom stereocenters. The highest BCUT2D eigenvalue weighted by molar-refractivity contribution is 5.86. The number of fused-ring (bicyclic) bond motifs is 2. The summed E-state index contributed by atoms with van der Waals surface area (Å²) in [5, 5.41) is 31.4. The predicted molar refractivity (Wildman–Crippen MR) is 112 cm³/mol. The molecule has 2 spiro atoms. The Kier molecular flexibility index (Phi) is 4.11. The summed E-state index contributed by atoms with van der Waals surface area (Å²) in [6, 6.07) is 0. The van der Waals surface area contributed by atoms with Crippen LogP contribution in [0.4, 0.5) is 0 Å². The van der Waals surface area contributed by atoms with Gasteiger partial charge in [0.25, 0.3) is 0 Å². The summed E-state index contributed by atoms with van der Waals surface area (Å²) in [6.07, 6.45) is 9.16. The van der Waals surface area contributed by atoms with Crippen molar-refractivity contribution in [3.8, 4) is 0 Å². The molecule has 6 heteroatoms. The van der Waals surface area contributed by atoms with Gasteiger partial charge in [0.05, 0.1) is 17.9 Å². The molecule has 3 fully saturated rings. The van der Waals surface area contributed by atoms with Crippen LogP contribution in [0, 0.1) is 45.3 Å². The third kappa shape index (κ3) is 2.15. The van der Waals surface area contributed by atoms with Crippen molar-refractivity contribution in [1.82, 2.24) is 0 Å². The van der Waals surface area contributed by atoms with Gasteiger partial charge in [-0.2, -0.15) is 0 Å². The molecule has 0 aromatic rings. The molecule has 3 N–H and O–H groups in total. The summed E-state index contributed by atoms with van der Waals surface area (Å²) in [4.78, 5) is 38.0. The van der Waals surface area contributed by atoms with Gasteiger partial charge >= 0.3 is 11.9 Å². The lowest BCUT2D eigenvalue weighted by Crippen LogP contribution is -2.70. The highest BCUT2D eigenvalue weighted by Crippen LogP contribution is 2.79.